The minimum Gasteiger partial charge on any atom is -0.396 e. The standard InChI is InChI=1S/C12H18FNO5S2/c1-20(16,17)10-5-6-11(13)12(9-10)21(18,19)14-7-3-2-4-8-15/h5-6,9,14-15H,2-4,7-8H2,1H3. The summed E-state index contributed by atoms with van der Waals surface area (Å²) in [6.07, 6.45) is 2.59. The molecule has 0 aliphatic rings. The molecular weight excluding hydrogens is 321 g/mol. The largest absolute Gasteiger partial charge is 0.396 e. The van der Waals surface area contributed by atoms with Crippen molar-refractivity contribution in [1.82, 2.24) is 4.72 Å². The average Bonchev–Trinajstić information content (AvgIpc) is 2.37. The second kappa shape index (κ2) is 7.30. The number of rotatable bonds is 8. The van der Waals surface area contributed by atoms with Crippen molar-refractivity contribution < 1.29 is 26.3 Å². The molecule has 0 heterocycles. The third-order valence-corrected chi connectivity index (χ3v) is 5.33. The number of halogens is 1. The molecule has 0 radical (unpaired) electrons. The minimum atomic E-state index is -4.11. The summed E-state index contributed by atoms with van der Waals surface area (Å²) in [7, 11) is -7.73. The van der Waals surface area contributed by atoms with Gasteiger partial charge in [0, 0.05) is 19.4 Å². The highest BCUT2D eigenvalue weighted by molar-refractivity contribution is 7.91. The van der Waals surface area contributed by atoms with Crippen molar-refractivity contribution in [3.8, 4) is 0 Å². The molecule has 2 N–H and O–H groups in total. The zero-order chi connectivity index (χ0) is 16.1. The molecular formula is C12H18FNO5S2. The van der Waals surface area contributed by atoms with Crippen LogP contribution in [0.25, 0.3) is 0 Å². The van der Waals surface area contributed by atoms with Gasteiger partial charge in [0.05, 0.1) is 4.90 Å². The smallest absolute Gasteiger partial charge is 0.243 e. The molecule has 120 valence electrons. The van der Waals surface area contributed by atoms with Crippen molar-refractivity contribution in [2.24, 2.45) is 0 Å². The molecule has 0 aliphatic heterocycles. The van der Waals surface area contributed by atoms with E-state index in [1.54, 1.807) is 0 Å². The van der Waals surface area contributed by atoms with E-state index in [4.69, 9.17) is 5.11 Å². The maximum atomic E-state index is 13.6. The first-order valence-corrected chi connectivity index (χ1v) is 9.66. The zero-order valence-corrected chi connectivity index (χ0v) is 13.2. The Bertz CT molecular complexity index is 686. The first kappa shape index (κ1) is 18.0. The second-order valence-electron chi connectivity index (χ2n) is 4.55. The van der Waals surface area contributed by atoms with Crippen molar-refractivity contribution in [1.29, 1.82) is 0 Å². The second-order valence-corrected chi connectivity index (χ2v) is 8.30. The summed E-state index contributed by atoms with van der Waals surface area (Å²) in [6.45, 7) is 0.114. The quantitative estimate of drug-likeness (QED) is 0.535. The van der Waals surface area contributed by atoms with Gasteiger partial charge < -0.3 is 5.11 Å². The molecule has 0 aromatic heterocycles. The number of sulfone groups is 1. The van der Waals surface area contributed by atoms with Gasteiger partial charge in [0.1, 0.15) is 10.7 Å². The van der Waals surface area contributed by atoms with E-state index in [1.807, 2.05) is 0 Å². The van der Waals surface area contributed by atoms with Crippen molar-refractivity contribution in [2.75, 3.05) is 19.4 Å². The third-order valence-electron chi connectivity index (χ3n) is 2.75. The van der Waals surface area contributed by atoms with Crippen LogP contribution in [0.3, 0.4) is 0 Å². The van der Waals surface area contributed by atoms with Crippen LogP contribution in [-0.4, -0.2) is 41.3 Å². The van der Waals surface area contributed by atoms with Crippen LogP contribution in [0.4, 0.5) is 4.39 Å². The number of benzene rings is 1. The molecule has 0 amide bonds. The Morgan fingerprint density at radius 1 is 1.14 bits per heavy atom. The van der Waals surface area contributed by atoms with E-state index in [9.17, 15) is 21.2 Å². The van der Waals surface area contributed by atoms with Gasteiger partial charge >= 0.3 is 0 Å². The van der Waals surface area contributed by atoms with Crippen LogP contribution in [0.2, 0.25) is 0 Å². The van der Waals surface area contributed by atoms with Crippen LogP contribution in [-0.2, 0) is 19.9 Å². The molecule has 0 aliphatic carbocycles. The Morgan fingerprint density at radius 2 is 1.81 bits per heavy atom. The number of sulfonamides is 1. The molecule has 1 rings (SSSR count). The highest BCUT2D eigenvalue weighted by atomic mass is 32.2. The Balaban J connectivity index is 2.92. The summed E-state index contributed by atoms with van der Waals surface area (Å²) in [4.78, 5) is -0.947. The number of hydrogen-bond acceptors (Lipinski definition) is 5. The molecule has 6 nitrogen and oxygen atoms in total. The van der Waals surface area contributed by atoms with Gasteiger partial charge in [0.15, 0.2) is 9.84 Å². The van der Waals surface area contributed by atoms with Gasteiger partial charge in [-0.2, -0.15) is 0 Å². The fraction of sp³-hybridized carbons (Fsp3) is 0.500. The first-order valence-electron chi connectivity index (χ1n) is 6.28. The molecule has 0 spiro atoms. The maximum absolute atomic E-state index is 13.6. The van der Waals surface area contributed by atoms with E-state index in [-0.39, 0.29) is 18.0 Å². The van der Waals surface area contributed by atoms with Crippen LogP contribution in [0.5, 0.6) is 0 Å². The van der Waals surface area contributed by atoms with Crippen molar-refractivity contribution in [2.45, 2.75) is 29.1 Å². The van der Waals surface area contributed by atoms with Gasteiger partial charge in [-0.1, -0.05) is 0 Å². The average molecular weight is 339 g/mol. The lowest BCUT2D eigenvalue weighted by Gasteiger charge is -2.09. The number of nitrogens with one attached hydrogen (secondary N) is 1. The lowest BCUT2D eigenvalue weighted by Crippen LogP contribution is -2.26. The highest BCUT2D eigenvalue weighted by Crippen LogP contribution is 2.19. The molecule has 1 aromatic carbocycles. The molecule has 9 heteroatoms. The van der Waals surface area contributed by atoms with Crippen LogP contribution in [0.1, 0.15) is 19.3 Å². The number of aliphatic hydroxyl groups is 1. The van der Waals surface area contributed by atoms with Gasteiger partial charge in [-0.3, -0.25) is 0 Å². The van der Waals surface area contributed by atoms with E-state index >= 15 is 0 Å². The van der Waals surface area contributed by atoms with Gasteiger partial charge in [0.25, 0.3) is 0 Å². The number of hydrogen-bond donors (Lipinski definition) is 2. The van der Waals surface area contributed by atoms with Crippen LogP contribution in [0, 0.1) is 5.82 Å². The first-order chi connectivity index (χ1) is 9.68. The predicted octanol–water partition coefficient (Wildman–Crippen LogP) is 0.670. The molecule has 0 bridgehead atoms. The number of aliphatic hydroxyl groups excluding tert-OH is 1. The fourth-order valence-corrected chi connectivity index (χ4v) is 3.52. The zero-order valence-electron chi connectivity index (χ0n) is 11.5. The molecule has 1 aromatic rings. The van der Waals surface area contributed by atoms with Crippen LogP contribution in [0.15, 0.2) is 28.0 Å². The topological polar surface area (TPSA) is 101 Å². The summed E-state index contributed by atoms with van der Waals surface area (Å²) in [5, 5.41) is 8.60. The monoisotopic (exact) mass is 339 g/mol. The SMILES string of the molecule is CS(=O)(=O)c1ccc(F)c(S(=O)(=O)NCCCCCO)c1. The fourth-order valence-electron chi connectivity index (χ4n) is 1.62. The number of unbranched alkanes of at least 4 members (excludes halogenated alkanes) is 2. The van der Waals surface area contributed by atoms with E-state index in [1.165, 1.54) is 0 Å². The molecule has 21 heavy (non-hydrogen) atoms. The van der Waals surface area contributed by atoms with E-state index in [0.29, 0.717) is 19.3 Å². The van der Waals surface area contributed by atoms with E-state index < -0.39 is 30.6 Å². The van der Waals surface area contributed by atoms with E-state index in [0.717, 1.165) is 24.5 Å². The van der Waals surface area contributed by atoms with Gasteiger partial charge in [-0.15, -0.1) is 0 Å². The normalized spacial score (nSPS) is 12.5. The van der Waals surface area contributed by atoms with Crippen molar-refractivity contribution in [3.63, 3.8) is 0 Å². The highest BCUT2D eigenvalue weighted by Gasteiger charge is 2.21. The summed E-state index contributed by atoms with van der Waals surface area (Å²) in [6, 6.07) is 2.64. The Kier molecular flexibility index (Phi) is 6.26. The Hall–Kier alpha value is -1.03. The lowest BCUT2D eigenvalue weighted by atomic mass is 10.2. The molecule has 0 saturated carbocycles. The molecule has 0 atom stereocenters. The predicted molar refractivity (Wildman–Crippen MR) is 75.6 cm³/mol. The van der Waals surface area contributed by atoms with Crippen LogP contribution >= 0.6 is 0 Å². The maximum Gasteiger partial charge on any atom is 0.243 e. The lowest BCUT2D eigenvalue weighted by molar-refractivity contribution is 0.283. The van der Waals surface area contributed by atoms with Crippen LogP contribution < -0.4 is 4.72 Å². The Labute approximate surface area is 124 Å². The molecule has 0 unspecified atom stereocenters. The summed E-state index contributed by atoms with van der Waals surface area (Å²) < 4.78 is 62.6. The Morgan fingerprint density at radius 3 is 2.38 bits per heavy atom. The third kappa shape index (κ3) is 5.34. The molecule has 0 saturated heterocycles. The van der Waals surface area contributed by atoms with Gasteiger partial charge in [-0.05, 0) is 37.5 Å². The molecule has 0 fully saturated rings. The van der Waals surface area contributed by atoms with Crippen molar-refractivity contribution in [3.05, 3.63) is 24.0 Å². The van der Waals surface area contributed by atoms with E-state index in [2.05, 4.69) is 4.72 Å². The summed E-state index contributed by atoms with van der Waals surface area (Å²) in [5.74, 6) is -1.01. The van der Waals surface area contributed by atoms with Gasteiger partial charge in [-0.25, -0.2) is 25.9 Å². The van der Waals surface area contributed by atoms with Gasteiger partial charge in [0.2, 0.25) is 10.0 Å². The summed E-state index contributed by atoms with van der Waals surface area (Å²) >= 11 is 0. The minimum absolute atomic E-state index is 0.0256. The van der Waals surface area contributed by atoms with Crippen molar-refractivity contribution >= 4 is 19.9 Å². The summed E-state index contributed by atoms with van der Waals surface area (Å²) in [5.41, 5.74) is 0.